The highest BCUT2D eigenvalue weighted by atomic mass is 32.2. The van der Waals surface area contributed by atoms with E-state index in [0.29, 0.717) is 0 Å². The van der Waals surface area contributed by atoms with Crippen molar-refractivity contribution in [3.05, 3.63) is 35.4 Å². The molecule has 1 aliphatic heterocycles. The van der Waals surface area contributed by atoms with Crippen molar-refractivity contribution in [2.45, 2.75) is 12.5 Å². The van der Waals surface area contributed by atoms with Crippen LogP contribution in [0.4, 0.5) is 8.78 Å². The first-order valence-corrected chi connectivity index (χ1v) is 7.41. The van der Waals surface area contributed by atoms with Gasteiger partial charge in [-0.1, -0.05) is 6.07 Å². The average molecular weight is 287 g/mol. The lowest BCUT2D eigenvalue weighted by molar-refractivity contribution is 0.476. The van der Waals surface area contributed by atoms with E-state index >= 15 is 0 Å². The van der Waals surface area contributed by atoms with Gasteiger partial charge in [0.2, 0.25) is 5.96 Å². The standard InChI is InChI=1S/C12H15F2N3OS/c1-12(9-5-4-8(13)6-10(9)14)7-19(3,18)17(2)11(15)16-12/h4-6H,3,7H2,1-2H3,(H2,15,16)/t12-,19?/m0/s1. The molecule has 1 aliphatic rings. The van der Waals surface area contributed by atoms with E-state index in [-0.39, 0.29) is 17.3 Å². The second-order valence-electron chi connectivity index (χ2n) is 4.78. The maximum Gasteiger partial charge on any atom is 0.203 e. The predicted molar refractivity (Wildman–Crippen MR) is 73.2 cm³/mol. The Morgan fingerprint density at radius 1 is 1.53 bits per heavy atom. The summed E-state index contributed by atoms with van der Waals surface area (Å²) in [5.41, 5.74) is 4.74. The highest BCUT2D eigenvalue weighted by molar-refractivity contribution is 7.98. The van der Waals surface area contributed by atoms with Crippen LogP contribution in [0.2, 0.25) is 0 Å². The molecule has 0 aromatic heterocycles. The van der Waals surface area contributed by atoms with Crippen LogP contribution < -0.4 is 5.73 Å². The lowest BCUT2D eigenvalue weighted by Crippen LogP contribution is -2.50. The smallest absolute Gasteiger partial charge is 0.203 e. The molecule has 1 unspecified atom stereocenters. The van der Waals surface area contributed by atoms with Gasteiger partial charge in [-0.2, -0.15) is 0 Å². The molecule has 1 aromatic carbocycles. The van der Waals surface area contributed by atoms with Gasteiger partial charge in [0.25, 0.3) is 0 Å². The number of hydrogen-bond acceptors (Lipinski definition) is 3. The van der Waals surface area contributed by atoms with Crippen molar-refractivity contribution >= 4 is 21.5 Å². The number of rotatable bonds is 1. The van der Waals surface area contributed by atoms with Gasteiger partial charge in [-0.25, -0.2) is 18.0 Å². The van der Waals surface area contributed by atoms with Crippen molar-refractivity contribution in [3.63, 3.8) is 0 Å². The van der Waals surface area contributed by atoms with Gasteiger partial charge < -0.3 is 5.73 Å². The van der Waals surface area contributed by atoms with Crippen LogP contribution in [0.25, 0.3) is 0 Å². The first kappa shape index (κ1) is 13.8. The van der Waals surface area contributed by atoms with Gasteiger partial charge in [-0.05, 0) is 18.9 Å². The minimum atomic E-state index is -2.68. The zero-order valence-corrected chi connectivity index (χ0v) is 11.5. The summed E-state index contributed by atoms with van der Waals surface area (Å²) in [5.74, 6) is 2.25. The highest BCUT2D eigenvalue weighted by Crippen LogP contribution is 2.33. The first-order chi connectivity index (χ1) is 8.66. The number of guanidine groups is 1. The van der Waals surface area contributed by atoms with Crippen LogP contribution >= 0.6 is 0 Å². The number of benzene rings is 1. The fourth-order valence-corrected chi connectivity index (χ4v) is 3.80. The van der Waals surface area contributed by atoms with Gasteiger partial charge in [-0.3, -0.25) is 4.31 Å². The van der Waals surface area contributed by atoms with Crippen molar-refractivity contribution in [3.8, 4) is 0 Å². The van der Waals surface area contributed by atoms with E-state index in [1.165, 1.54) is 17.4 Å². The molecule has 0 saturated heterocycles. The molecule has 0 aliphatic carbocycles. The van der Waals surface area contributed by atoms with Gasteiger partial charge in [-0.15, -0.1) is 0 Å². The van der Waals surface area contributed by atoms with Crippen molar-refractivity contribution < 1.29 is 13.0 Å². The fraction of sp³-hybridized carbons (Fsp3) is 0.333. The first-order valence-electron chi connectivity index (χ1n) is 5.55. The van der Waals surface area contributed by atoms with Crippen LogP contribution in [0.3, 0.4) is 0 Å². The van der Waals surface area contributed by atoms with Crippen LogP contribution in [-0.2, 0) is 15.2 Å². The molecule has 0 bridgehead atoms. The third-order valence-electron chi connectivity index (χ3n) is 3.20. The van der Waals surface area contributed by atoms with Gasteiger partial charge in [0.05, 0.1) is 15.5 Å². The molecule has 2 atom stereocenters. The Morgan fingerprint density at radius 2 is 2.16 bits per heavy atom. The van der Waals surface area contributed by atoms with Crippen LogP contribution in [0.1, 0.15) is 12.5 Å². The third-order valence-corrected chi connectivity index (χ3v) is 5.40. The second-order valence-corrected chi connectivity index (χ2v) is 7.16. The number of halogens is 2. The minimum Gasteiger partial charge on any atom is -0.369 e. The quantitative estimate of drug-likeness (QED) is 0.786. The Labute approximate surface area is 111 Å². The van der Waals surface area contributed by atoms with E-state index in [2.05, 4.69) is 10.9 Å². The fourth-order valence-electron chi connectivity index (χ4n) is 2.13. The summed E-state index contributed by atoms with van der Waals surface area (Å²) < 4.78 is 40.5. The molecular formula is C12H15F2N3OS. The Hall–Kier alpha value is -1.63. The predicted octanol–water partition coefficient (Wildman–Crippen LogP) is 1.07. The minimum absolute atomic E-state index is 0.0136. The lowest BCUT2D eigenvalue weighted by Gasteiger charge is -2.37. The van der Waals surface area contributed by atoms with Gasteiger partial charge >= 0.3 is 0 Å². The van der Waals surface area contributed by atoms with E-state index in [9.17, 15) is 13.0 Å². The topological polar surface area (TPSA) is 58.7 Å². The molecular weight excluding hydrogens is 272 g/mol. The van der Waals surface area contributed by atoms with Crippen LogP contribution in [0, 0.1) is 11.6 Å². The Balaban J connectivity index is 2.61. The highest BCUT2D eigenvalue weighted by Gasteiger charge is 2.38. The molecule has 0 radical (unpaired) electrons. The van der Waals surface area contributed by atoms with E-state index in [4.69, 9.17) is 5.73 Å². The zero-order chi connectivity index (χ0) is 14.4. The third kappa shape index (κ3) is 2.30. The number of aliphatic imine (C=N–C) groups is 1. The van der Waals surface area contributed by atoms with Crippen LogP contribution in [0.5, 0.6) is 0 Å². The Kier molecular flexibility index (Phi) is 3.04. The van der Waals surface area contributed by atoms with E-state index in [0.717, 1.165) is 12.1 Å². The largest absolute Gasteiger partial charge is 0.369 e. The summed E-state index contributed by atoms with van der Waals surface area (Å²) in [4.78, 5) is 4.19. The number of nitrogens with zero attached hydrogens (tertiary/aromatic N) is 2. The number of nitrogens with two attached hydrogens (primary N) is 1. The summed E-state index contributed by atoms with van der Waals surface area (Å²) in [5, 5.41) is 0. The molecule has 0 amide bonds. The molecule has 1 aromatic rings. The lowest BCUT2D eigenvalue weighted by atomic mass is 9.94. The molecule has 0 fully saturated rings. The SMILES string of the molecule is C=S1(=O)C[C@@](C)(c2ccc(F)cc2F)N=C(N)N1C. The van der Waals surface area contributed by atoms with Crippen molar-refractivity contribution in [1.82, 2.24) is 4.31 Å². The van der Waals surface area contributed by atoms with Crippen molar-refractivity contribution in [2.75, 3.05) is 12.8 Å². The van der Waals surface area contributed by atoms with Crippen molar-refractivity contribution in [1.29, 1.82) is 0 Å². The summed E-state index contributed by atoms with van der Waals surface area (Å²) >= 11 is 0. The van der Waals surface area contributed by atoms with Crippen LogP contribution in [0.15, 0.2) is 23.2 Å². The molecule has 4 nitrogen and oxygen atoms in total. The Bertz CT molecular complexity index is 657. The second kappa shape index (κ2) is 4.19. The van der Waals surface area contributed by atoms with E-state index < -0.39 is 26.9 Å². The summed E-state index contributed by atoms with van der Waals surface area (Å²) in [6, 6.07) is 3.20. The molecule has 2 rings (SSSR count). The molecule has 104 valence electrons. The van der Waals surface area contributed by atoms with E-state index in [1.54, 1.807) is 6.92 Å². The van der Waals surface area contributed by atoms with Gasteiger partial charge in [0.15, 0.2) is 0 Å². The molecule has 7 heteroatoms. The average Bonchev–Trinajstić information content (AvgIpc) is 2.24. The molecule has 0 spiro atoms. The maximum absolute atomic E-state index is 13.9. The normalized spacial score (nSPS) is 31.2. The van der Waals surface area contributed by atoms with Gasteiger partial charge in [0, 0.05) is 18.7 Å². The van der Waals surface area contributed by atoms with Crippen LogP contribution in [-0.4, -0.2) is 33.1 Å². The summed E-state index contributed by atoms with van der Waals surface area (Å²) in [7, 11) is -1.15. The summed E-state index contributed by atoms with van der Waals surface area (Å²) in [6.07, 6.45) is 0. The maximum atomic E-state index is 13.9. The molecule has 19 heavy (non-hydrogen) atoms. The molecule has 1 heterocycles. The Morgan fingerprint density at radius 3 is 2.68 bits per heavy atom. The monoisotopic (exact) mass is 287 g/mol. The van der Waals surface area contributed by atoms with Gasteiger partial charge in [0.1, 0.15) is 17.2 Å². The molecule has 2 N–H and O–H groups in total. The molecule has 0 saturated carbocycles. The van der Waals surface area contributed by atoms with E-state index in [1.807, 2.05) is 0 Å². The summed E-state index contributed by atoms with van der Waals surface area (Å²) in [6.45, 7) is 1.61. The number of hydrogen-bond donors (Lipinski definition) is 1. The van der Waals surface area contributed by atoms with Crippen molar-refractivity contribution in [2.24, 2.45) is 10.7 Å². The zero-order valence-electron chi connectivity index (χ0n) is 10.7.